The Hall–Kier alpha value is -1.58. The van der Waals surface area contributed by atoms with Crippen molar-refractivity contribution < 1.29 is 0 Å². The van der Waals surface area contributed by atoms with Crippen LogP contribution in [0.25, 0.3) is 0 Å². The van der Waals surface area contributed by atoms with Crippen LogP contribution >= 0.6 is 0 Å². The highest BCUT2D eigenvalue weighted by atomic mass is 15.2. The standard InChI is InChI=1S/C12H18N4/c1-2-9-6-7-16(8-9)11-5-3-4-10(15-11)12(13)14/h3-5,9H,2,6-8H2,1H3,(H3,13,14). The molecule has 1 unspecified atom stereocenters. The van der Waals surface area contributed by atoms with Gasteiger partial charge in [0, 0.05) is 13.1 Å². The van der Waals surface area contributed by atoms with Crippen LogP contribution in [-0.2, 0) is 0 Å². The van der Waals surface area contributed by atoms with E-state index in [0.717, 1.165) is 24.8 Å². The topological polar surface area (TPSA) is 66.0 Å². The molecule has 1 fully saturated rings. The van der Waals surface area contributed by atoms with Crippen LogP contribution in [0.2, 0.25) is 0 Å². The summed E-state index contributed by atoms with van der Waals surface area (Å²) in [7, 11) is 0. The van der Waals surface area contributed by atoms with Gasteiger partial charge < -0.3 is 10.6 Å². The maximum absolute atomic E-state index is 7.38. The first kappa shape index (κ1) is 10.9. The number of hydrogen-bond donors (Lipinski definition) is 2. The highest BCUT2D eigenvalue weighted by Crippen LogP contribution is 2.23. The summed E-state index contributed by atoms with van der Waals surface area (Å²) in [5.74, 6) is 1.76. The molecule has 1 aliphatic heterocycles. The maximum atomic E-state index is 7.38. The van der Waals surface area contributed by atoms with E-state index in [9.17, 15) is 0 Å². The molecule has 0 bridgehead atoms. The number of nitrogen functional groups attached to an aromatic ring is 1. The molecule has 0 aromatic carbocycles. The van der Waals surface area contributed by atoms with Gasteiger partial charge in [0.15, 0.2) is 0 Å². The van der Waals surface area contributed by atoms with Gasteiger partial charge in [-0.3, -0.25) is 5.41 Å². The molecule has 0 radical (unpaired) electrons. The highest BCUT2D eigenvalue weighted by molar-refractivity contribution is 5.93. The third-order valence-corrected chi connectivity index (χ3v) is 3.20. The van der Waals surface area contributed by atoms with Gasteiger partial charge in [0.1, 0.15) is 17.3 Å². The molecular formula is C12H18N4. The fourth-order valence-electron chi connectivity index (χ4n) is 2.12. The summed E-state index contributed by atoms with van der Waals surface area (Å²) in [6.07, 6.45) is 2.46. The van der Waals surface area contributed by atoms with E-state index in [4.69, 9.17) is 11.1 Å². The zero-order valence-corrected chi connectivity index (χ0v) is 9.61. The first-order chi connectivity index (χ1) is 7.70. The molecule has 1 saturated heterocycles. The molecule has 4 heteroatoms. The molecule has 86 valence electrons. The number of aromatic nitrogens is 1. The molecule has 0 spiro atoms. The Morgan fingerprint density at radius 1 is 1.62 bits per heavy atom. The van der Waals surface area contributed by atoms with Crippen molar-refractivity contribution in [3.8, 4) is 0 Å². The lowest BCUT2D eigenvalue weighted by Crippen LogP contribution is -2.22. The van der Waals surface area contributed by atoms with Crippen molar-refractivity contribution in [2.24, 2.45) is 11.7 Å². The monoisotopic (exact) mass is 218 g/mol. The summed E-state index contributed by atoms with van der Waals surface area (Å²) in [5.41, 5.74) is 6.00. The zero-order chi connectivity index (χ0) is 11.5. The average Bonchev–Trinajstić information content (AvgIpc) is 2.77. The van der Waals surface area contributed by atoms with Gasteiger partial charge in [0.2, 0.25) is 0 Å². The van der Waals surface area contributed by atoms with Crippen molar-refractivity contribution in [2.45, 2.75) is 19.8 Å². The lowest BCUT2D eigenvalue weighted by Gasteiger charge is -2.17. The van der Waals surface area contributed by atoms with Gasteiger partial charge in [-0.1, -0.05) is 19.4 Å². The second-order valence-electron chi connectivity index (χ2n) is 4.30. The van der Waals surface area contributed by atoms with Crippen LogP contribution in [0.4, 0.5) is 5.82 Å². The summed E-state index contributed by atoms with van der Waals surface area (Å²) in [4.78, 5) is 6.68. The summed E-state index contributed by atoms with van der Waals surface area (Å²) >= 11 is 0. The van der Waals surface area contributed by atoms with Gasteiger partial charge in [-0.15, -0.1) is 0 Å². The number of anilines is 1. The molecule has 0 saturated carbocycles. The average molecular weight is 218 g/mol. The summed E-state index contributed by atoms with van der Waals surface area (Å²) in [6, 6.07) is 5.68. The zero-order valence-electron chi connectivity index (χ0n) is 9.61. The number of nitrogens with zero attached hydrogens (tertiary/aromatic N) is 2. The SMILES string of the molecule is CCC1CCN(c2cccc(C(=N)N)n2)C1. The highest BCUT2D eigenvalue weighted by Gasteiger charge is 2.21. The van der Waals surface area contributed by atoms with Crippen LogP contribution in [0, 0.1) is 11.3 Å². The number of hydrogen-bond acceptors (Lipinski definition) is 3. The van der Waals surface area contributed by atoms with Crippen LogP contribution in [0.15, 0.2) is 18.2 Å². The minimum atomic E-state index is 0.0353. The Morgan fingerprint density at radius 3 is 3.06 bits per heavy atom. The van der Waals surface area contributed by atoms with E-state index < -0.39 is 0 Å². The number of pyridine rings is 1. The van der Waals surface area contributed by atoms with E-state index in [1.165, 1.54) is 12.8 Å². The van der Waals surface area contributed by atoms with Crippen molar-refractivity contribution in [2.75, 3.05) is 18.0 Å². The minimum Gasteiger partial charge on any atom is -0.382 e. The van der Waals surface area contributed by atoms with Crippen LogP contribution in [-0.4, -0.2) is 23.9 Å². The van der Waals surface area contributed by atoms with E-state index in [0.29, 0.717) is 5.69 Å². The van der Waals surface area contributed by atoms with E-state index in [-0.39, 0.29) is 5.84 Å². The molecule has 1 aromatic rings. The predicted octanol–water partition coefficient (Wildman–Crippen LogP) is 1.60. The Labute approximate surface area is 96.0 Å². The lowest BCUT2D eigenvalue weighted by atomic mass is 10.1. The smallest absolute Gasteiger partial charge is 0.141 e. The second kappa shape index (κ2) is 4.51. The van der Waals surface area contributed by atoms with Crippen LogP contribution in [0.1, 0.15) is 25.5 Å². The molecule has 2 rings (SSSR count). The third kappa shape index (κ3) is 2.15. The minimum absolute atomic E-state index is 0.0353. The van der Waals surface area contributed by atoms with E-state index in [1.54, 1.807) is 6.07 Å². The summed E-state index contributed by atoms with van der Waals surface area (Å²) in [5, 5.41) is 7.38. The van der Waals surface area contributed by atoms with Crippen molar-refractivity contribution >= 4 is 11.7 Å². The Morgan fingerprint density at radius 2 is 2.44 bits per heavy atom. The van der Waals surface area contributed by atoms with Crippen molar-refractivity contribution in [3.05, 3.63) is 23.9 Å². The lowest BCUT2D eigenvalue weighted by molar-refractivity contribution is 0.568. The fourth-order valence-corrected chi connectivity index (χ4v) is 2.12. The predicted molar refractivity (Wildman–Crippen MR) is 65.9 cm³/mol. The van der Waals surface area contributed by atoms with Gasteiger partial charge in [-0.2, -0.15) is 0 Å². The fraction of sp³-hybridized carbons (Fsp3) is 0.500. The quantitative estimate of drug-likeness (QED) is 0.598. The van der Waals surface area contributed by atoms with Gasteiger partial charge in [0.25, 0.3) is 0 Å². The molecule has 1 atom stereocenters. The Balaban J connectivity index is 2.15. The van der Waals surface area contributed by atoms with Crippen LogP contribution in [0.5, 0.6) is 0 Å². The molecule has 16 heavy (non-hydrogen) atoms. The largest absolute Gasteiger partial charge is 0.382 e. The first-order valence-electron chi connectivity index (χ1n) is 5.77. The first-order valence-corrected chi connectivity index (χ1v) is 5.77. The Kier molecular flexibility index (Phi) is 3.08. The summed E-state index contributed by atoms with van der Waals surface area (Å²) < 4.78 is 0. The molecule has 3 N–H and O–H groups in total. The van der Waals surface area contributed by atoms with Crippen LogP contribution < -0.4 is 10.6 Å². The molecule has 0 aliphatic carbocycles. The molecule has 2 heterocycles. The van der Waals surface area contributed by atoms with Crippen LogP contribution in [0.3, 0.4) is 0 Å². The van der Waals surface area contributed by atoms with Crippen molar-refractivity contribution in [1.82, 2.24) is 4.98 Å². The van der Waals surface area contributed by atoms with E-state index in [2.05, 4.69) is 16.8 Å². The molecule has 0 amide bonds. The molecule has 1 aliphatic rings. The van der Waals surface area contributed by atoms with Gasteiger partial charge in [-0.25, -0.2) is 4.98 Å². The number of amidine groups is 1. The molecule has 4 nitrogen and oxygen atoms in total. The van der Waals surface area contributed by atoms with Crippen molar-refractivity contribution in [3.63, 3.8) is 0 Å². The maximum Gasteiger partial charge on any atom is 0.141 e. The second-order valence-corrected chi connectivity index (χ2v) is 4.30. The third-order valence-electron chi connectivity index (χ3n) is 3.20. The van der Waals surface area contributed by atoms with Gasteiger partial charge >= 0.3 is 0 Å². The Bertz CT molecular complexity index is 388. The molecular weight excluding hydrogens is 200 g/mol. The van der Waals surface area contributed by atoms with Crippen molar-refractivity contribution in [1.29, 1.82) is 5.41 Å². The normalized spacial score (nSPS) is 20.1. The van der Waals surface area contributed by atoms with E-state index in [1.807, 2.05) is 12.1 Å². The number of nitrogens with one attached hydrogen (secondary N) is 1. The van der Waals surface area contributed by atoms with Gasteiger partial charge in [-0.05, 0) is 24.5 Å². The summed E-state index contributed by atoms with van der Waals surface area (Å²) in [6.45, 7) is 4.37. The van der Waals surface area contributed by atoms with Gasteiger partial charge in [0.05, 0.1) is 0 Å². The number of rotatable bonds is 3. The number of nitrogens with two attached hydrogens (primary N) is 1. The molecule has 1 aromatic heterocycles. The van der Waals surface area contributed by atoms with E-state index >= 15 is 0 Å².